The molecular weight excluding hydrogens is 198 g/mol. The molecule has 0 amide bonds. The first kappa shape index (κ1) is 11.5. The molecule has 0 bridgehead atoms. The molecule has 1 atom stereocenters. The van der Waals surface area contributed by atoms with E-state index >= 15 is 0 Å². The third kappa shape index (κ3) is 3.31. The van der Waals surface area contributed by atoms with Crippen molar-refractivity contribution in [3.63, 3.8) is 0 Å². The molecule has 1 rings (SSSR count). The number of thioether (sulfide) groups is 1. The van der Waals surface area contributed by atoms with Gasteiger partial charge >= 0.3 is 0 Å². The molecule has 0 aromatic carbocycles. The smallest absolute Gasteiger partial charge is 0.243 e. The summed E-state index contributed by atoms with van der Waals surface area (Å²) in [6.07, 6.45) is 0.818. The van der Waals surface area contributed by atoms with E-state index in [1.807, 2.05) is 6.92 Å². The topological polar surface area (TPSA) is 64.9 Å². The summed E-state index contributed by atoms with van der Waals surface area (Å²) in [5.41, 5.74) is 5.76. The first-order chi connectivity index (χ1) is 6.63. The molecule has 1 aromatic heterocycles. The third-order valence-corrected chi connectivity index (χ3v) is 2.88. The molecule has 0 saturated carbocycles. The van der Waals surface area contributed by atoms with Crippen molar-refractivity contribution in [3.8, 4) is 0 Å². The van der Waals surface area contributed by atoms with Crippen molar-refractivity contribution in [1.29, 1.82) is 0 Å². The average molecular weight is 215 g/mol. The summed E-state index contributed by atoms with van der Waals surface area (Å²) in [6.45, 7) is 6.28. The molecule has 2 N–H and O–H groups in total. The van der Waals surface area contributed by atoms with Crippen LogP contribution in [0.5, 0.6) is 0 Å². The third-order valence-electron chi connectivity index (χ3n) is 1.79. The van der Waals surface area contributed by atoms with E-state index in [0.29, 0.717) is 11.1 Å². The molecule has 1 aromatic rings. The van der Waals surface area contributed by atoms with E-state index in [1.54, 1.807) is 11.8 Å². The summed E-state index contributed by atoms with van der Waals surface area (Å²) in [7, 11) is 0. The lowest BCUT2D eigenvalue weighted by molar-refractivity contribution is 0.349. The van der Waals surface area contributed by atoms with Gasteiger partial charge in [-0.1, -0.05) is 25.9 Å². The molecule has 0 fully saturated rings. The van der Waals surface area contributed by atoms with Gasteiger partial charge in [-0.05, 0) is 11.7 Å². The van der Waals surface area contributed by atoms with E-state index in [0.717, 1.165) is 18.0 Å². The standard InChI is InChI=1S/C9H17N3OS/c1-4-7(10)9-11-8(12-13-9)5-14-6(2)3/h6-7H,4-5,10H2,1-3H3. The Labute approximate surface area is 88.6 Å². The van der Waals surface area contributed by atoms with Crippen LogP contribution in [0.2, 0.25) is 0 Å². The van der Waals surface area contributed by atoms with Crippen molar-refractivity contribution < 1.29 is 4.52 Å². The summed E-state index contributed by atoms with van der Waals surface area (Å²) < 4.78 is 5.05. The number of nitrogens with two attached hydrogens (primary N) is 1. The zero-order valence-electron chi connectivity index (χ0n) is 8.86. The minimum absolute atomic E-state index is 0.125. The fraction of sp³-hybridized carbons (Fsp3) is 0.778. The van der Waals surface area contributed by atoms with Gasteiger partial charge in [0.05, 0.1) is 11.8 Å². The maximum absolute atomic E-state index is 5.76. The molecular formula is C9H17N3OS. The van der Waals surface area contributed by atoms with Crippen LogP contribution < -0.4 is 5.73 Å². The normalized spacial score (nSPS) is 13.5. The minimum atomic E-state index is -0.125. The highest BCUT2D eigenvalue weighted by molar-refractivity contribution is 7.99. The maximum atomic E-state index is 5.76. The summed E-state index contributed by atoms with van der Waals surface area (Å²) in [6, 6.07) is -0.125. The van der Waals surface area contributed by atoms with E-state index in [-0.39, 0.29) is 6.04 Å². The van der Waals surface area contributed by atoms with Crippen molar-refractivity contribution in [2.75, 3.05) is 0 Å². The molecule has 0 aliphatic rings. The van der Waals surface area contributed by atoms with Gasteiger partial charge in [-0.25, -0.2) is 0 Å². The summed E-state index contributed by atoms with van der Waals surface area (Å²) in [5.74, 6) is 2.08. The number of hydrogen-bond acceptors (Lipinski definition) is 5. The zero-order chi connectivity index (χ0) is 10.6. The lowest BCUT2D eigenvalue weighted by Gasteiger charge is -2.00. The Balaban J connectivity index is 2.50. The van der Waals surface area contributed by atoms with Gasteiger partial charge < -0.3 is 10.3 Å². The van der Waals surface area contributed by atoms with Gasteiger partial charge in [0.25, 0.3) is 0 Å². The van der Waals surface area contributed by atoms with Crippen LogP contribution in [0.4, 0.5) is 0 Å². The molecule has 1 heterocycles. The lowest BCUT2D eigenvalue weighted by Crippen LogP contribution is -2.08. The van der Waals surface area contributed by atoms with Gasteiger partial charge in [0.1, 0.15) is 0 Å². The first-order valence-corrected chi connectivity index (χ1v) is 5.88. The molecule has 4 nitrogen and oxygen atoms in total. The Kier molecular flexibility index (Phi) is 4.41. The van der Waals surface area contributed by atoms with Crippen LogP contribution in [0.3, 0.4) is 0 Å². The molecule has 0 aliphatic heterocycles. The molecule has 80 valence electrons. The van der Waals surface area contributed by atoms with Crippen molar-refractivity contribution in [1.82, 2.24) is 10.1 Å². The molecule has 14 heavy (non-hydrogen) atoms. The molecule has 1 unspecified atom stereocenters. The highest BCUT2D eigenvalue weighted by Gasteiger charge is 2.12. The van der Waals surface area contributed by atoms with Crippen LogP contribution in [-0.4, -0.2) is 15.4 Å². The van der Waals surface area contributed by atoms with Crippen LogP contribution in [0.25, 0.3) is 0 Å². The van der Waals surface area contributed by atoms with Crippen LogP contribution in [0.1, 0.15) is 44.9 Å². The molecule has 0 spiro atoms. The Morgan fingerprint density at radius 2 is 2.21 bits per heavy atom. The van der Waals surface area contributed by atoms with Crippen LogP contribution >= 0.6 is 11.8 Å². The minimum Gasteiger partial charge on any atom is -0.338 e. The highest BCUT2D eigenvalue weighted by atomic mass is 32.2. The van der Waals surface area contributed by atoms with Gasteiger partial charge in [-0.15, -0.1) is 0 Å². The predicted molar refractivity (Wildman–Crippen MR) is 57.9 cm³/mol. The monoisotopic (exact) mass is 215 g/mol. The Bertz CT molecular complexity index is 275. The lowest BCUT2D eigenvalue weighted by atomic mass is 10.2. The van der Waals surface area contributed by atoms with E-state index in [1.165, 1.54) is 0 Å². The van der Waals surface area contributed by atoms with Gasteiger partial charge in [0.2, 0.25) is 5.89 Å². The van der Waals surface area contributed by atoms with Gasteiger partial charge in [0, 0.05) is 0 Å². The zero-order valence-corrected chi connectivity index (χ0v) is 9.67. The summed E-state index contributed by atoms with van der Waals surface area (Å²) >= 11 is 1.79. The van der Waals surface area contributed by atoms with Crippen molar-refractivity contribution in [2.24, 2.45) is 5.73 Å². The molecule has 5 heteroatoms. The largest absolute Gasteiger partial charge is 0.338 e. The SMILES string of the molecule is CCC(N)c1nc(CSC(C)C)no1. The Morgan fingerprint density at radius 1 is 1.50 bits per heavy atom. The van der Waals surface area contributed by atoms with E-state index in [9.17, 15) is 0 Å². The Hall–Kier alpha value is -0.550. The number of rotatable bonds is 5. The number of aromatic nitrogens is 2. The van der Waals surface area contributed by atoms with Crippen LogP contribution in [0, 0.1) is 0 Å². The molecule has 0 aliphatic carbocycles. The fourth-order valence-electron chi connectivity index (χ4n) is 0.893. The predicted octanol–water partition coefficient (Wildman–Crippen LogP) is 2.12. The van der Waals surface area contributed by atoms with Crippen LogP contribution in [-0.2, 0) is 5.75 Å². The molecule has 0 saturated heterocycles. The van der Waals surface area contributed by atoms with E-state index in [2.05, 4.69) is 24.0 Å². The van der Waals surface area contributed by atoms with Crippen LogP contribution in [0.15, 0.2) is 4.52 Å². The average Bonchev–Trinajstić information content (AvgIpc) is 2.62. The van der Waals surface area contributed by atoms with Gasteiger partial charge in [0.15, 0.2) is 5.82 Å². The quantitative estimate of drug-likeness (QED) is 0.815. The summed E-state index contributed by atoms with van der Waals surface area (Å²) in [5, 5.41) is 4.45. The second-order valence-electron chi connectivity index (χ2n) is 3.42. The van der Waals surface area contributed by atoms with Gasteiger partial charge in [-0.2, -0.15) is 16.7 Å². The first-order valence-electron chi connectivity index (χ1n) is 4.83. The fourth-order valence-corrected chi connectivity index (χ4v) is 1.49. The van der Waals surface area contributed by atoms with Crippen molar-refractivity contribution >= 4 is 11.8 Å². The highest BCUT2D eigenvalue weighted by Crippen LogP contribution is 2.17. The van der Waals surface area contributed by atoms with E-state index < -0.39 is 0 Å². The van der Waals surface area contributed by atoms with Gasteiger partial charge in [-0.3, -0.25) is 0 Å². The second-order valence-corrected chi connectivity index (χ2v) is 4.99. The Morgan fingerprint density at radius 3 is 2.79 bits per heavy atom. The maximum Gasteiger partial charge on any atom is 0.243 e. The van der Waals surface area contributed by atoms with E-state index in [4.69, 9.17) is 10.3 Å². The summed E-state index contributed by atoms with van der Waals surface area (Å²) in [4.78, 5) is 4.23. The van der Waals surface area contributed by atoms with Crippen molar-refractivity contribution in [3.05, 3.63) is 11.7 Å². The second kappa shape index (κ2) is 5.36. The number of nitrogens with zero attached hydrogens (tertiary/aromatic N) is 2. The molecule has 0 radical (unpaired) electrons. The number of hydrogen-bond donors (Lipinski definition) is 1. The van der Waals surface area contributed by atoms with Crippen molar-refractivity contribution in [2.45, 2.75) is 44.2 Å².